The summed E-state index contributed by atoms with van der Waals surface area (Å²) in [7, 11) is 0. The fraction of sp³-hybridized carbons (Fsp3) is 0.417. The maximum Gasteiger partial charge on any atom is 0.255 e. The summed E-state index contributed by atoms with van der Waals surface area (Å²) in [4.78, 5) is 27.5. The first-order valence-electron chi connectivity index (χ1n) is 10.8. The average Bonchev–Trinajstić information content (AvgIpc) is 3.60. The minimum absolute atomic E-state index is 0.116. The molecule has 0 aromatic heterocycles. The van der Waals surface area contributed by atoms with Gasteiger partial charge in [-0.1, -0.05) is 17.7 Å². The molecule has 0 atom stereocenters. The highest BCUT2D eigenvalue weighted by Crippen LogP contribution is 2.35. The summed E-state index contributed by atoms with van der Waals surface area (Å²) in [5, 5.41) is 3.34. The molecule has 0 bridgehead atoms. The third-order valence-electron chi connectivity index (χ3n) is 6.12. The fourth-order valence-electron chi connectivity index (χ4n) is 4.16. The second kappa shape index (κ2) is 9.37. The quantitative estimate of drug-likeness (QED) is 0.677. The molecule has 0 unspecified atom stereocenters. The van der Waals surface area contributed by atoms with Gasteiger partial charge in [-0.05, 0) is 80.5 Å². The number of carbonyl (C=O) groups is 2. The van der Waals surface area contributed by atoms with Crippen molar-refractivity contribution in [2.24, 2.45) is 11.7 Å². The van der Waals surface area contributed by atoms with Crippen LogP contribution in [-0.2, 0) is 11.3 Å². The molecule has 2 amide bonds. The smallest absolute Gasteiger partial charge is 0.255 e. The van der Waals surface area contributed by atoms with Gasteiger partial charge in [-0.15, -0.1) is 0 Å². The van der Waals surface area contributed by atoms with Crippen LogP contribution in [0.3, 0.4) is 0 Å². The van der Waals surface area contributed by atoms with Crippen molar-refractivity contribution in [1.29, 1.82) is 0 Å². The zero-order chi connectivity index (χ0) is 22.0. The predicted molar refractivity (Wildman–Crippen MR) is 119 cm³/mol. The van der Waals surface area contributed by atoms with Crippen molar-refractivity contribution in [3.8, 4) is 0 Å². The van der Waals surface area contributed by atoms with Crippen LogP contribution in [0.25, 0.3) is 0 Å². The molecule has 2 aromatic rings. The van der Waals surface area contributed by atoms with Gasteiger partial charge >= 0.3 is 0 Å². The van der Waals surface area contributed by atoms with E-state index in [4.69, 9.17) is 17.3 Å². The van der Waals surface area contributed by atoms with Crippen LogP contribution in [-0.4, -0.2) is 28.8 Å². The number of halogens is 2. The van der Waals surface area contributed by atoms with Crippen LogP contribution in [0.5, 0.6) is 0 Å². The summed E-state index contributed by atoms with van der Waals surface area (Å²) in [6, 6.07) is 11.1. The van der Waals surface area contributed by atoms with Crippen molar-refractivity contribution in [2.45, 2.75) is 57.2 Å². The van der Waals surface area contributed by atoms with Gasteiger partial charge in [0.25, 0.3) is 5.91 Å². The number of rotatable bonds is 6. The van der Waals surface area contributed by atoms with Crippen LogP contribution in [0.2, 0.25) is 5.02 Å². The van der Waals surface area contributed by atoms with E-state index in [1.165, 1.54) is 18.2 Å². The van der Waals surface area contributed by atoms with Crippen LogP contribution in [0, 0.1) is 11.7 Å². The summed E-state index contributed by atoms with van der Waals surface area (Å²) >= 11 is 6.46. The van der Waals surface area contributed by atoms with Gasteiger partial charge in [0.15, 0.2) is 0 Å². The largest absolute Gasteiger partial charge is 0.335 e. The van der Waals surface area contributed by atoms with Crippen molar-refractivity contribution >= 4 is 29.1 Å². The van der Waals surface area contributed by atoms with Gasteiger partial charge in [0, 0.05) is 40.8 Å². The third-order valence-corrected chi connectivity index (χ3v) is 6.49. The zero-order valence-electron chi connectivity index (χ0n) is 17.3. The van der Waals surface area contributed by atoms with Gasteiger partial charge in [0.2, 0.25) is 5.91 Å². The van der Waals surface area contributed by atoms with E-state index < -0.39 is 11.7 Å². The van der Waals surface area contributed by atoms with E-state index in [2.05, 4.69) is 5.32 Å². The summed E-state index contributed by atoms with van der Waals surface area (Å²) in [5.41, 5.74) is 7.63. The van der Waals surface area contributed by atoms with Gasteiger partial charge < -0.3 is 16.0 Å². The van der Waals surface area contributed by atoms with E-state index in [1.807, 2.05) is 4.90 Å². The lowest BCUT2D eigenvalue weighted by Gasteiger charge is -2.36. The molecule has 31 heavy (non-hydrogen) atoms. The minimum atomic E-state index is -0.467. The van der Waals surface area contributed by atoms with Crippen molar-refractivity contribution in [1.82, 2.24) is 4.90 Å². The van der Waals surface area contributed by atoms with Crippen molar-refractivity contribution in [3.05, 3.63) is 64.4 Å². The molecule has 0 spiro atoms. The highest BCUT2D eigenvalue weighted by molar-refractivity contribution is 6.31. The van der Waals surface area contributed by atoms with Crippen molar-refractivity contribution in [3.63, 3.8) is 0 Å². The summed E-state index contributed by atoms with van der Waals surface area (Å²) in [5.74, 6) is -0.568. The maximum atomic E-state index is 13.4. The highest BCUT2D eigenvalue weighted by Gasteiger charge is 2.37. The summed E-state index contributed by atoms with van der Waals surface area (Å²) < 4.78 is 13.4. The SMILES string of the molecule is NC1CCC(N(Cc2cc(NC(=O)c3cccc(F)c3)ccc2Cl)C(=O)C2CC2)CC1. The van der Waals surface area contributed by atoms with Crippen LogP contribution in [0.15, 0.2) is 42.5 Å². The molecule has 0 radical (unpaired) electrons. The van der Waals surface area contributed by atoms with Gasteiger partial charge in [0.1, 0.15) is 5.82 Å². The molecule has 3 N–H and O–H groups in total. The molecule has 2 saturated carbocycles. The Morgan fingerprint density at radius 2 is 1.81 bits per heavy atom. The van der Waals surface area contributed by atoms with Crippen LogP contribution >= 0.6 is 11.6 Å². The Labute approximate surface area is 186 Å². The first-order chi connectivity index (χ1) is 14.9. The van der Waals surface area contributed by atoms with Gasteiger partial charge in [-0.2, -0.15) is 0 Å². The molecule has 2 fully saturated rings. The van der Waals surface area contributed by atoms with E-state index in [9.17, 15) is 14.0 Å². The highest BCUT2D eigenvalue weighted by atomic mass is 35.5. The number of nitrogens with two attached hydrogens (primary N) is 1. The van der Waals surface area contributed by atoms with Crippen molar-refractivity contribution < 1.29 is 14.0 Å². The molecular weight excluding hydrogens is 417 g/mol. The Morgan fingerprint density at radius 3 is 2.48 bits per heavy atom. The molecule has 0 aliphatic heterocycles. The monoisotopic (exact) mass is 443 g/mol. The fourth-order valence-corrected chi connectivity index (χ4v) is 4.33. The Hall–Kier alpha value is -2.44. The molecule has 2 aliphatic rings. The van der Waals surface area contributed by atoms with E-state index in [1.54, 1.807) is 24.3 Å². The first kappa shape index (κ1) is 21.8. The van der Waals surface area contributed by atoms with Gasteiger partial charge in [0.05, 0.1) is 0 Å². The number of nitrogens with one attached hydrogen (secondary N) is 1. The number of amides is 2. The van der Waals surface area contributed by atoms with Crippen LogP contribution < -0.4 is 11.1 Å². The van der Waals surface area contributed by atoms with Gasteiger partial charge in [-0.25, -0.2) is 4.39 Å². The number of hydrogen-bond acceptors (Lipinski definition) is 3. The Balaban J connectivity index is 1.52. The molecule has 0 saturated heterocycles. The average molecular weight is 444 g/mol. The van der Waals surface area contributed by atoms with Crippen molar-refractivity contribution in [2.75, 3.05) is 5.32 Å². The number of benzene rings is 2. The lowest BCUT2D eigenvalue weighted by Crippen LogP contribution is -2.44. The molecular formula is C24H27ClFN3O2. The molecule has 2 aliphatic carbocycles. The van der Waals surface area contributed by atoms with E-state index in [0.717, 1.165) is 44.1 Å². The second-order valence-electron chi connectivity index (χ2n) is 8.58. The van der Waals surface area contributed by atoms with E-state index >= 15 is 0 Å². The maximum absolute atomic E-state index is 13.4. The third kappa shape index (κ3) is 5.43. The number of carbonyl (C=O) groups excluding carboxylic acids is 2. The molecule has 0 heterocycles. The topological polar surface area (TPSA) is 75.4 Å². The van der Waals surface area contributed by atoms with E-state index in [0.29, 0.717) is 17.3 Å². The van der Waals surface area contributed by atoms with E-state index in [-0.39, 0.29) is 29.5 Å². The predicted octanol–water partition coefficient (Wildman–Crippen LogP) is 4.74. The molecule has 164 valence electrons. The lowest BCUT2D eigenvalue weighted by molar-refractivity contribution is -0.136. The number of nitrogens with zero attached hydrogens (tertiary/aromatic N) is 1. The Bertz CT molecular complexity index is 971. The second-order valence-corrected chi connectivity index (χ2v) is 8.99. The molecule has 2 aromatic carbocycles. The molecule has 7 heteroatoms. The lowest BCUT2D eigenvalue weighted by atomic mass is 9.90. The minimum Gasteiger partial charge on any atom is -0.335 e. The summed E-state index contributed by atoms with van der Waals surface area (Å²) in [6.07, 6.45) is 5.51. The normalized spacial score (nSPS) is 20.9. The van der Waals surface area contributed by atoms with Gasteiger partial charge in [-0.3, -0.25) is 9.59 Å². The molecule has 5 nitrogen and oxygen atoms in total. The Morgan fingerprint density at radius 1 is 1.06 bits per heavy atom. The summed E-state index contributed by atoms with van der Waals surface area (Å²) in [6.45, 7) is 0.401. The number of anilines is 1. The first-order valence-corrected chi connectivity index (χ1v) is 11.2. The zero-order valence-corrected chi connectivity index (χ0v) is 18.1. The number of hydrogen-bond donors (Lipinski definition) is 2. The van der Waals surface area contributed by atoms with Crippen LogP contribution in [0.4, 0.5) is 10.1 Å². The Kier molecular flexibility index (Phi) is 6.58. The van der Waals surface area contributed by atoms with Crippen LogP contribution in [0.1, 0.15) is 54.4 Å². The standard InChI is InChI=1S/C24H27ClFN3O2/c25-22-11-8-20(28-23(30)16-2-1-3-18(26)12-16)13-17(22)14-29(24(31)15-4-5-15)21-9-6-19(27)7-10-21/h1-3,8,11-13,15,19,21H,4-7,9-10,14,27H2,(H,28,30). The molecule has 4 rings (SSSR count).